The monoisotopic (exact) mass is 875 g/mol. The Bertz CT molecular complexity index is 4020. The van der Waals surface area contributed by atoms with E-state index in [1.54, 1.807) is 0 Å². The molecular formula is C62H37NOS2. The van der Waals surface area contributed by atoms with Crippen molar-refractivity contribution in [1.82, 2.24) is 0 Å². The molecule has 0 atom stereocenters. The summed E-state index contributed by atoms with van der Waals surface area (Å²) in [6.45, 7) is 0. The van der Waals surface area contributed by atoms with Crippen molar-refractivity contribution in [2.75, 3.05) is 4.90 Å². The second-order valence-electron chi connectivity index (χ2n) is 17.1. The molecule has 14 rings (SSSR count). The minimum Gasteiger partial charge on any atom is -0.455 e. The van der Waals surface area contributed by atoms with Gasteiger partial charge in [0.1, 0.15) is 11.2 Å². The van der Waals surface area contributed by atoms with Gasteiger partial charge in [-0.05, 0) is 110 Å². The van der Waals surface area contributed by atoms with Gasteiger partial charge in [0.2, 0.25) is 0 Å². The molecule has 0 aliphatic rings. The van der Waals surface area contributed by atoms with Crippen LogP contribution in [0.25, 0.3) is 117 Å². The van der Waals surface area contributed by atoms with Crippen LogP contribution in [-0.2, 0) is 0 Å². The van der Waals surface area contributed by atoms with E-state index in [0.29, 0.717) is 0 Å². The summed E-state index contributed by atoms with van der Waals surface area (Å²) in [7, 11) is 0. The summed E-state index contributed by atoms with van der Waals surface area (Å²) in [5.74, 6) is 0. The largest absolute Gasteiger partial charge is 0.455 e. The Hall–Kier alpha value is -8.02. The lowest BCUT2D eigenvalue weighted by Crippen LogP contribution is -2.09. The summed E-state index contributed by atoms with van der Waals surface area (Å²) in [6.07, 6.45) is 0. The fourth-order valence-corrected chi connectivity index (χ4v) is 12.9. The average Bonchev–Trinajstić information content (AvgIpc) is 4.09. The van der Waals surface area contributed by atoms with Crippen LogP contribution >= 0.6 is 22.7 Å². The minimum absolute atomic E-state index is 0.899. The van der Waals surface area contributed by atoms with Crippen LogP contribution in [0.4, 0.5) is 17.1 Å². The maximum Gasteiger partial charge on any atom is 0.143 e. The highest BCUT2D eigenvalue weighted by atomic mass is 32.1. The molecule has 0 saturated heterocycles. The van der Waals surface area contributed by atoms with Crippen molar-refractivity contribution in [3.8, 4) is 33.4 Å². The Kier molecular flexibility index (Phi) is 8.36. The summed E-state index contributed by atoms with van der Waals surface area (Å²) >= 11 is 3.77. The number of anilines is 3. The minimum atomic E-state index is 0.899. The Balaban J connectivity index is 0.885. The second-order valence-corrected chi connectivity index (χ2v) is 19.2. The van der Waals surface area contributed by atoms with E-state index in [-0.39, 0.29) is 0 Å². The van der Waals surface area contributed by atoms with E-state index in [1.165, 1.54) is 78.8 Å². The first-order valence-corrected chi connectivity index (χ1v) is 24.0. The van der Waals surface area contributed by atoms with Gasteiger partial charge >= 0.3 is 0 Å². The van der Waals surface area contributed by atoms with Gasteiger partial charge in [-0.25, -0.2) is 0 Å². The molecule has 0 amide bonds. The molecule has 3 aromatic heterocycles. The van der Waals surface area contributed by atoms with Gasteiger partial charge in [-0.2, -0.15) is 0 Å². The number of hydrogen-bond acceptors (Lipinski definition) is 4. The van der Waals surface area contributed by atoms with Crippen LogP contribution in [0.2, 0.25) is 0 Å². The van der Waals surface area contributed by atoms with E-state index in [4.69, 9.17) is 4.42 Å². The van der Waals surface area contributed by atoms with E-state index in [0.717, 1.165) is 55.5 Å². The summed E-state index contributed by atoms with van der Waals surface area (Å²) in [5, 5.41) is 12.4. The standard InChI is InChI=1S/C62H37NOS2/c1-3-12-48-38(10-1)28-36-53-58-46(15-8-19-55(58)64-60(48)53)40-22-30-43(31-23-40)63(45-34-26-42(27-35-45)50-17-7-18-52-51-14-5-6-20-56(51)65-61(50)52)44-32-24-41(25-33-44)47-16-9-21-57-59(47)54-37-29-39-11-2-4-13-49(39)62(54)66-57/h1-37H. The van der Waals surface area contributed by atoms with Crippen LogP contribution in [0, 0.1) is 0 Å². The highest BCUT2D eigenvalue weighted by molar-refractivity contribution is 7.27. The maximum atomic E-state index is 6.58. The van der Waals surface area contributed by atoms with Gasteiger partial charge in [0.15, 0.2) is 0 Å². The fourth-order valence-electron chi connectivity index (χ4n) is 10.4. The number of hydrogen-bond donors (Lipinski definition) is 0. The molecule has 14 aromatic rings. The number of thiophene rings is 2. The van der Waals surface area contributed by atoms with Crippen molar-refractivity contribution >= 4 is 124 Å². The Morgan fingerprint density at radius 1 is 0.303 bits per heavy atom. The predicted octanol–water partition coefficient (Wildman–Crippen LogP) is 19.1. The van der Waals surface area contributed by atoms with Crippen molar-refractivity contribution in [2.24, 2.45) is 0 Å². The number of fused-ring (bicyclic) bond motifs is 13. The lowest BCUT2D eigenvalue weighted by atomic mass is 9.97. The van der Waals surface area contributed by atoms with E-state index in [9.17, 15) is 0 Å². The van der Waals surface area contributed by atoms with Gasteiger partial charge in [0.05, 0.1) is 0 Å². The summed E-state index contributed by atoms with van der Waals surface area (Å²) in [4.78, 5) is 2.38. The third-order valence-electron chi connectivity index (χ3n) is 13.5. The molecule has 0 spiro atoms. The smallest absolute Gasteiger partial charge is 0.143 e. The summed E-state index contributed by atoms with van der Waals surface area (Å²) < 4.78 is 11.9. The molecule has 3 heterocycles. The molecule has 0 N–H and O–H groups in total. The van der Waals surface area contributed by atoms with Crippen molar-refractivity contribution in [3.63, 3.8) is 0 Å². The van der Waals surface area contributed by atoms with Crippen LogP contribution < -0.4 is 4.90 Å². The zero-order chi connectivity index (χ0) is 43.3. The van der Waals surface area contributed by atoms with Crippen LogP contribution in [-0.4, -0.2) is 0 Å². The molecule has 0 bridgehead atoms. The first-order chi connectivity index (χ1) is 32.7. The molecular weight excluding hydrogens is 839 g/mol. The molecule has 0 saturated carbocycles. The van der Waals surface area contributed by atoms with Crippen LogP contribution in [0.5, 0.6) is 0 Å². The van der Waals surface area contributed by atoms with Crippen molar-refractivity contribution in [2.45, 2.75) is 0 Å². The predicted molar refractivity (Wildman–Crippen MR) is 286 cm³/mol. The maximum absolute atomic E-state index is 6.58. The topological polar surface area (TPSA) is 16.4 Å². The van der Waals surface area contributed by atoms with Gasteiger partial charge in [-0.15, -0.1) is 22.7 Å². The molecule has 0 aliphatic heterocycles. The van der Waals surface area contributed by atoms with E-state index in [2.05, 4.69) is 229 Å². The van der Waals surface area contributed by atoms with Gasteiger partial charge in [0.25, 0.3) is 0 Å². The Morgan fingerprint density at radius 2 is 0.803 bits per heavy atom. The summed E-state index contributed by atoms with van der Waals surface area (Å²) in [5.41, 5.74) is 12.3. The van der Waals surface area contributed by atoms with E-state index in [1.807, 2.05) is 22.7 Å². The molecule has 308 valence electrons. The molecule has 0 unspecified atom stereocenters. The number of nitrogens with zero attached hydrogens (tertiary/aromatic N) is 1. The lowest BCUT2D eigenvalue weighted by molar-refractivity contribution is 0.673. The third-order valence-corrected chi connectivity index (χ3v) is 15.9. The number of rotatable bonds is 6. The highest BCUT2D eigenvalue weighted by Gasteiger charge is 2.19. The quantitative estimate of drug-likeness (QED) is 0.165. The zero-order valence-corrected chi connectivity index (χ0v) is 37.2. The molecule has 4 heteroatoms. The third kappa shape index (κ3) is 5.79. The number of benzene rings is 11. The van der Waals surface area contributed by atoms with Crippen LogP contribution in [0.1, 0.15) is 0 Å². The SMILES string of the molecule is c1ccc2c(c1)ccc1c2oc2cccc(-c3ccc(N(c4ccc(-c5cccc6c5sc5ccccc56)cc4)c4ccc(-c5cccc6sc7c8ccccc8ccc7c56)cc4)cc3)c21. The Morgan fingerprint density at radius 3 is 1.52 bits per heavy atom. The van der Waals surface area contributed by atoms with Gasteiger partial charge < -0.3 is 9.32 Å². The highest BCUT2D eigenvalue weighted by Crippen LogP contribution is 2.46. The normalized spacial score (nSPS) is 11.9. The molecule has 66 heavy (non-hydrogen) atoms. The zero-order valence-electron chi connectivity index (χ0n) is 35.5. The lowest BCUT2D eigenvalue weighted by Gasteiger charge is -2.26. The van der Waals surface area contributed by atoms with Gasteiger partial charge in [-0.3, -0.25) is 0 Å². The Labute approximate surface area is 388 Å². The first kappa shape index (κ1) is 37.4. The summed E-state index contributed by atoms with van der Waals surface area (Å²) in [6, 6.07) is 82.0. The van der Waals surface area contributed by atoms with Gasteiger partial charge in [0, 0.05) is 73.6 Å². The molecule has 0 aliphatic carbocycles. The van der Waals surface area contributed by atoms with Crippen LogP contribution in [0.3, 0.4) is 0 Å². The molecule has 0 radical (unpaired) electrons. The van der Waals surface area contributed by atoms with Gasteiger partial charge in [-0.1, -0.05) is 164 Å². The van der Waals surface area contributed by atoms with Crippen molar-refractivity contribution in [1.29, 1.82) is 0 Å². The average molecular weight is 876 g/mol. The van der Waals surface area contributed by atoms with E-state index < -0.39 is 0 Å². The van der Waals surface area contributed by atoms with Crippen molar-refractivity contribution in [3.05, 3.63) is 224 Å². The first-order valence-electron chi connectivity index (χ1n) is 22.4. The fraction of sp³-hybridized carbons (Fsp3) is 0. The second kappa shape index (κ2) is 14.8. The molecule has 2 nitrogen and oxygen atoms in total. The van der Waals surface area contributed by atoms with E-state index >= 15 is 0 Å². The van der Waals surface area contributed by atoms with Crippen molar-refractivity contribution < 1.29 is 4.42 Å². The molecule has 11 aromatic carbocycles. The van der Waals surface area contributed by atoms with Crippen LogP contribution in [0.15, 0.2) is 229 Å². The number of furan rings is 1. The molecule has 0 fully saturated rings.